The first-order valence-electron chi connectivity index (χ1n) is 5.16. The van der Waals surface area contributed by atoms with Gasteiger partial charge in [0.05, 0.1) is 6.20 Å². The minimum atomic E-state index is -0.211. The molecule has 0 atom stereocenters. The lowest BCUT2D eigenvalue weighted by Crippen LogP contribution is -2.27. The van der Waals surface area contributed by atoms with E-state index < -0.39 is 0 Å². The zero-order valence-corrected chi connectivity index (χ0v) is 9.31. The van der Waals surface area contributed by atoms with Crippen molar-refractivity contribution >= 4 is 17.0 Å². The summed E-state index contributed by atoms with van der Waals surface area (Å²) in [6.45, 7) is 8.49. The van der Waals surface area contributed by atoms with Gasteiger partial charge in [-0.3, -0.25) is 14.9 Å². The van der Waals surface area contributed by atoms with E-state index in [1.807, 2.05) is 4.90 Å². The highest BCUT2D eigenvalue weighted by molar-refractivity contribution is 5.73. The van der Waals surface area contributed by atoms with Crippen LogP contribution in [0.25, 0.3) is 11.0 Å². The number of nitrogens with one attached hydrogen (secondary N) is 2. The molecule has 0 aliphatic heterocycles. The number of anilines is 1. The van der Waals surface area contributed by atoms with Crippen molar-refractivity contribution in [3.63, 3.8) is 0 Å². The monoisotopic (exact) mass is 231 g/mol. The average molecular weight is 231 g/mol. The number of hydrogen-bond donors (Lipinski definition) is 2. The first-order valence-corrected chi connectivity index (χ1v) is 5.16. The van der Waals surface area contributed by atoms with Crippen LogP contribution in [0.4, 0.5) is 5.95 Å². The molecule has 6 nitrogen and oxygen atoms in total. The second kappa shape index (κ2) is 4.65. The number of fused-ring (bicyclic) bond motifs is 1. The first kappa shape index (κ1) is 11.1. The Labute approximate surface area is 97.7 Å². The van der Waals surface area contributed by atoms with Gasteiger partial charge >= 0.3 is 0 Å². The number of aromatic amines is 2. The topological polar surface area (TPSA) is 77.7 Å². The van der Waals surface area contributed by atoms with Gasteiger partial charge in [0.2, 0.25) is 5.95 Å². The molecule has 0 bridgehead atoms. The highest BCUT2D eigenvalue weighted by atomic mass is 16.1. The van der Waals surface area contributed by atoms with Gasteiger partial charge in [-0.05, 0) is 0 Å². The molecular weight excluding hydrogens is 218 g/mol. The maximum atomic E-state index is 11.7. The number of hydrogen-bond acceptors (Lipinski definition) is 4. The standard InChI is InChI=1S/C11H13N5O/c1-3-5-16(6-4-2)11-13-9-8(7-12-15-9)10(17)14-11/h3-4,7H,1-2,5-6H2,(H2,12,13,14,15,17). The van der Waals surface area contributed by atoms with E-state index in [0.717, 1.165) is 0 Å². The van der Waals surface area contributed by atoms with Gasteiger partial charge in [0.1, 0.15) is 5.39 Å². The third-order valence-corrected chi connectivity index (χ3v) is 2.31. The second-order valence-electron chi connectivity index (χ2n) is 3.50. The van der Waals surface area contributed by atoms with E-state index in [4.69, 9.17) is 0 Å². The maximum Gasteiger partial charge on any atom is 0.263 e. The number of nitrogens with zero attached hydrogens (tertiary/aromatic N) is 3. The van der Waals surface area contributed by atoms with E-state index in [1.54, 1.807) is 12.2 Å². The van der Waals surface area contributed by atoms with Crippen molar-refractivity contribution in [1.82, 2.24) is 20.2 Å². The molecule has 0 aliphatic rings. The van der Waals surface area contributed by atoms with Crippen LogP contribution in [-0.2, 0) is 0 Å². The molecule has 0 radical (unpaired) electrons. The molecule has 0 saturated carbocycles. The highest BCUT2D eigenvalue weighted by Gasteiger charge is 2.09. The van der Waals surface area contributed by atoms with Gasteiger partial charge in [-0.2, -0.15) is 10.1 Å². The van der Waals surface area contributed by atoms with E-state index >= 15 is 0 Å². The van der Waals surface area contributed by atoms with E-state index in [2.05, 4.69) is 33.3 Å². The molecule has 17 heavy (non-hydrogen) atoms. The fraction of sp³-hybridized carbons (Fsp3) is 0.182. The van der Waals surface area contributed by atoms with Crippen molar-refractivity contribution in [3.8, 4) is 0 Å². The molecule has 0 saturated heterocycles. The Kier molecular flexibility index (Phi) is 3.04. The summed E-state index contributed by atoms with van der Waals surface area (Å²) in [7, 11) is 0. The van der Waals surface area contributed by atoms with Gasteiger partial charge in [-0.1, -0.05) is 12.2 Å². The Morgan fingerprint density at radius 1 is 1.35 bits per heavy atom. The summed E-state index contributed by atoms with van der Waals surface area (Å²) in [6.07, 6.45) is 4.93. The summed E-state index contributed by atoms with van der Waals surface area (Å²) in [4.78, 5) is 20.6. The van der Waals surface area contributed by atoms with Crippen molar-refractivity contribution in [2.24, 2.45) is 0 Å². The van der Waals surface area contributed by atoms with E-state index in [0.29, 0.717) is 30.1 Å². The number of H-pyrrole nitrogens is 2. The normalized spacial score (nSPS) is 10.4. The Bertz CT molecular complexity index is 587. The predicted octanol–water partition coefficient (Wildman–Crippen LogP) is 0.825. The van der Waals surface area contributed by atoms with Crippen LogP contribution in [0.5, 0.6) is 0 Å². The quantitative estimate of drug-likeness (QED) is 0.747. The van der Waals surface area contributed by atoms with Gasteiger partial charge in [0, 0.05) is 13.1 Å². The van der Waals surface area contributed by atoms with Crippen LogP contribution in [0.3, 0.4) is 0 Å². The summed E-state index contributed by atoms with van der Waals surface area (Å²) in [5.74, 6) is 0.478. The Balaban J connectivity index is 2.48. The minimum absolute atomic E-state index is 0.211. The molecule has 2 rings (SSSR count). The molecule has 0 aromatic carbocycles. The van der Waals surface area contributed by atoms with Gasteiger partial charge < -0.3 is 4.90 Å². The van der Waals surface area contributed by atoms with E-state index in [-0.39, 0.29) is 5.56 Å². The lowest BCUT2D eigenvalue weighted by Gasteiger charge is -2.19. The van der Waals surface area contributed by atoms with Crippen LogP contribution in [-0.4, -0.2) is 33.3 Å². The maximum absolute atomic E-state index is 11.7. The summed E-state index contributed by atoms with van der Waals surface area (Å²) in [5.41, 5.74) is 0.263. The van der Waals surface area contributed by atoms with Crippen LogP contribution in [0.15, 0.2) is 36.3 Å². The molecule has 0 unspecified atom stereocenters. The SMILES string of the molecule is C=CCN(CC=C)c1nc2[nH]ncc2c(=O)[nH]1. The van der Waals surface area contributed by atoms with Crippen molar-refractivity contribution in [1.29, 1.82) is 0 Å². The van der Waals surface area contributed by atoms with Crippen LogP contribution >= 0.6 is 0 Å². The van der Waals surface area contributed by atoms with Crippen LogP contribution in [0.1, 0.15) is 0 Å². The molecular formula is C11H13N5O. The molecule has 0 amide bonds. The molecule has 6 heteroatoms. The lowest BCUT2D eigenvalue weighted by atomic mass is 10.4. The average Bonchev–Trinajstić information content (AvgIpc) is 2.77. The Hall–Kier alpha value is -2.37. The summed E-state index contributed by atoms with van der Waals surface area (Å²) in [6, 6.07) is 0. The van der Waals surface area contributed by atoms with Gasteiger partial charge in [0.25, 0.3) is 5.56 Å². The molecule has 0 fully saturated rings. The van der Waals surface area contributed by atoms with Gasteiger partial charge in [0.15, 0.2) is 5.65 Å². The third kappa shape index (κ3) is 2.10. The van der Waals surface area contributed by atoms with Crippen molar-refractivity contribution in [2.45, 2.75) is 0 Å². The number of rotatable bonds is 5. The van der Waals surface area contributed by atoms with E-state index in [9.17, 15) is 4.79 Å². The minimum Gasteiger partial charge on any atom is -0.335 e. The third-order valence-electron chi connectivity index (χ3n) is 2.31. The Morgan fingerprint density at radius 2 is 2.06 bits per heavy atom. The molecule has 2 aromatic heterocycles. The van der Waals surface area contributed by atoms with Crippen molar-refractivity contribution in [3.05, 3.63) is 41.9 Å². The lowest BCUT2D eigenvalue weighted by molar-refractivity contribution is 0.888. The Morgan fingerprint density at radius 3 is 2.71 bits per heavy atom. The largest absolute Gasteiger partial charge is 0.335 e. The summed E-state index contributed by atoms with van der Waals surface area (Å²) in [5, 5.41) is 6.92. The van der Waals surface area contributed by atoms with Crippen molar-refractivity contribution in [2.75, 3.05) is 18.0 Å². The zero-order valence-electron chi connectivity index (χ0n) is 9.31. The van der Waals surface area contributed by atoms with Crippen molar-refractivity contribution < 1.29 is 0 Å². The van der Waals surface area contributed by atoms with Gasteiger partial charge in [-0.25, -0.2) is 0 Å². The molecule has 88 valence electrons. The highest BCUT2D eigenvalue weighted by Crippen LogP contribution is 2.09. The molecule has 0 spiro atoms. The van der Waals surface area contributed by atoms with Crippen LogP contribution in [0.2, 0.25) is 0 Å². The molecule has 2 heterocycles. The van der Waals surface area contributed by atoms with Crippen LogP contribution < -0.4 is 10.5 Å². The molecule has 2 aromatic rings. The molecule has 2 N–H and O–H groups in total. The predicted molar refractivity (Wildman–Crippen MR) is 67.1 cm³/mol. The summed E-state index contributed by atoms with van der Waals surface area (Å²) < 4.78 is 0. The zero-order chi connectivity index (χ0) is 12.3. The van der Waals surface area contributed by atoms with Crippen LogP contribution in [0, 0.1) is 0 Å². The fourth-order valence-corrected chi connectivity index (χ4v) is 1.54. The summed E-state index contributed by atoms with van der Waals surface area (Å²) >= 11 is 0. The second-order valence-corrected chi connectivity index (χ2v) is 3.50. The van der Waals surface area contributed by atoms with E-state index in [1.165, 1.54) is 6.20 Å². The molecule has 0 aliphatic carbocycles. The smallest absolute Gasteiger partial charge is 0.263 e. The van der Waals surface area contributed by atoms with Gasteiger partial charge in [-0.15, -0.1) is 13.2 Å². The fourth-order valence-electron chi connectivity index (χ4n) is 1.54. The number of aromatic nitrogens is 4. The first-order chi connectivity index (χ1) is 8.26.